The van der Waals surface area contributed by atoms with Crippen LogP contribution in [-0.4, -0.2) is 49.7 Å². The first-order valence-corrected chi connectivity index (χ1v) is 13.2. The van der Waals surface area contributed by atoms with Gasteiger partial charge in [-0.3, -0.25) is 9.59 Å². The van der Waals surface area contributed by atoms with E-state index in [1.54, 1.807) is 29.2 Å². The van der Waals surface area contributed by atoms with Crippen LogP contribution in [0.2, 0.25) is 0 Å². The molecule has 1 aliphatic heterocycles. The molecule has 4 heterocycles. The number of piperidine rings is 1. The first-order chi connectivity index (χ1) is 19.5. The first kappa shape index (κ1) is 25.5. The van der Waals surface area contributed by atoms with Gasteiger partial charge < -0.3 is 25.3 Å². The Morgan fingerprint density at radius 2 is 1.88 bits per heavy atom. The highest BCUT2D eigenvalue weighted by molar-refractivity contribution is 5.94. The van der Waals surface area contributed by atoms with E-state index < -0.39 is 5.82 Å². The van der Waals surface area contributed by atoms with E-state index in [9.17, 15) is 9.59 Å². The quantitative estimate of drug-likeness (QED) is 0.260. The Labute approximate surface area is 229 Å². The van der Waals surface area contributed by atoms with E-state index in [1.807, 2.05) is 6.20 Å². The number of rotatable bonds is 8. The highest BCUT2D eigenvalue weighted by atomic mass is 19.1. The zero-order valence-electron chi connectivity index (χ0n) is 21.7. The molecule has 40 heavy (non-hydrogen) atoms. The average Bonchev–Trinajstić information content (AvgIpc) is 3.73. The number of hydrogen-bond donors (Lipinski definition) is 3. The molecule has 1 saturated heterocycles. The minimum Gasteiger partial charge on any atom is -0.457 e. The number of benzene rings is 1. The molecule has 0 spiro atoms. The summed E-state index contributed by atoms with van der Waals surface area (Å²) in [5.74, 6) is 1.23. The van der Waals surface area contributed by atoms with Crippen molar-refractivity contribution in [3.63, 3.8) is 0 Å². The molecular weight excluding hydrogens is 513 g/mol. The lowest BCUT2D eigenvalue weighted by atomic mass is 9.89. The van der Waals surface area contributed by atoms with Gasteiger partial charge in [0, 0.05) is 43.5 Å². The van der Waals surface area contributed by atoms with Gasteiger partial charge in [-0.2, -0.15) is 0 Å². The molecule has 3 N–H and O–H groups in total. The zero-order valence-corrected chi connectivity index (χ0v) is 21.7. The Hall–Kier alpha value is -4.80. The number of nitrogens with one attached hydrogen (secondary N) is 3. The summed E-state index contributed by atoms with van der Waals surface area (Å²) in [5.41, 5.74) is 1.92. The molecule has 1 aromatic carbocycles. The fourth-order valence-electron chi connectivity index (χ4n) is 4.98. The van der Waals surface area contributed by atoms with Crippen molar-refractivity contribution in [1.29, 1.82) is 0 Å². The maximum atomic E-state index is 15.2. The number of aromatic nitrogens is 4. The van der Waals surface area contributed by atoms with Crippen molar-refractivity contribution < 1.29 is 18.7 Å². The molecule has 2 aliphatic rings. The minimum absolute atomic E-state index is 0.0521. The van der Waals surface area contributed by atoms with Crippen molar-refractivity contribution in [3.05, 3.63) is 73.1 Å². The summed E-state index contributed by atoms with van der Waals surface area (Å²) in [6.07, 6.45) is 9.59. The summed E-state index contributed by atoms with van der Waals surface area (Å²) in [6.45, 7) is 4.85. The van der Waals surface area contributed by atoms with E-state index >= 15 is 4.39 Å². The second kappa shape index (κ2) is 10.8. The Balaban J connectivity index is 1.18. The number of carbonyl (C=O) groups excluding carboxylic acids is 2. The summed E-state index contributed by atoms with van der Waals surface area (Å²) in [6, 6.07) is 7.76. The lowest BCUT2D eigenvalue weighted by molar-refractivity contribution is -0.127. The highest BCUT2D eigenvalue weighted by Gasteiger charge is 2.30. The molecule has 1 aliphatic carbocycles. The Morgan fingerprint density at radius 3 is 2.62 bits per heavy atom. The van der Waals surface area contributed by atoms with Crippen LogP contribution >= 0.6 is 0 Å². The number of halogens is 1. The van der Waals surface area contributed by atoms with Crippen molar-refractivity contribution in [1.82, 2.24) is 24.8 Å². The van der Waals surface area contributed by atoms with Crippen molar-refractivity contribution in [2.75, 3.05) is 23.7 Å². The van der Waals surface area contributed by atoms with Crippen LogP contribution in [0.4, 0.5) is 21.7 Å². The molecule has 10 nitrogen and oxygen atoms in total. The van der Waals surface area contributed by atoms with Crippen LogP contribution in [0, 0.1) is 11.7 Å². The van der Waals surface area contributed by atoms with Gasteiger partial charge in [0.15, 0.2) is 0 Å². The molecule has 3 aromatic heterocycles. The molecule has 1 saturated carbocycles. The Morgan fingerprint density at radius 1 is 1.07 bits per heavy atom. The van der Waals surface area contributed by atoms with Crippen LogP contribution in [0.5, 0.6) is 11.5 Å². The maximum Gasteiger partial charge on any atom is 0.245 e. The Kier molecular flexibility index (Phi) is 6.85. The third kappa shape index (κ3) is 5.35. The van der Waals surface area contributed by atoms with Gasteiger partial charge >= 0.3 is 0 Å². The molecule has 204 valence electrons. The van der Waals surface area contributed by atoms with Gasteiger partial charge in [0.2, 0.25) is 11.8 Å². The molecule has 6 rings (SSSR count). The number of likely N-dealkylation sites (tertiary alicyclic amines) is 1. The number of pyridine rings is 1. The summed E-state index contributed by atoms with van der Waals surface area (Å²) in [5, 5.41) is 6.70. The monoisotopic (exact) mass is 541 g/mol. The van der Waals surface area contributed by atoms with Gasteiger partial charge in [-0.1, -0.05) is 6.58 Å². The smallest absolute Gasteiger partial charge is 0.245 e. The van der Waals surface area contributed by atoms with Gasteiger partial charge in [0.1, 0.15) is 40.9 Å². The van der Waals surface area contributed by atoms with Gasteiger partial charge in [-0.15, -0.1) is 0 Å². The molecule has 0 bridgehead atoms. The van der Waals surface area contributed by atoms with Gasteiger partial charge in [0.05, 0.1) is 11.1 Å². The number of anilines is 3. The summed E-state index contributed by atoms with van der Waals surface area (Å²) < 4.78 is 21.0. The second-order valence-corrected chi connectivity index (χ2v) is 10.0. The predicted octanol–water partition coefficient (Wildman–Crippen LogP) is 5.27. The highest BCUT2D eigenvalue weighted by Crippen LogP contribution is 2.37. The van der Waals surface area contributed by atoms with Crippen LogP contribution in [0.15, 0.2) is 61.7 Å². The molecular formula is C29H28FN7O3. The topological polar surface area (TPSA) is 125 Å². The van der Waals surface area contributed by atoms with Crippen molar-refractivity contribution in [2.45, 2.75) is 31.6 Å². The molecule has 0 unspecified atom stereocenters. The summed E-state index contributed by atoms with van der Waals surface area (Å²) in [7, 11) is 0. The van der Waals surface area contributed by atoms with Crippen LogP contribution < -0.4 is 15.4 Å². The lowest BCUT2D eigenvalue weighted by Crippen LogP contribution is -2.36. The van der Waals surface area contributed by atoms with Crippen LogP contribution in [0.1, 0.15) is 37.2 Å². The van der Waals surface area contributed by atoms with E-state index in [0.29, 0.717) is 41.9 Å². The fourth-order valence-corrected chi connectivity index (χ4v) is 4.98. The largest absolute Gasteiger partial charge is 0.457 e. The number of H-pyrrole nitrogens is 1. The standard InChI is InChI=1S/C29H28FN7O3/c1-2-25(38)37-11-8-17(9-12-37)21-15-32-27-26(21)28(34-16-33-27)35-23-6-5-19(13-22(23)30)40-20-7-10-31-24(14-20)36-29(39)18-3-4-18/h2,5-7,10,13-18H,1,3-4,8-9,11-12H2,(H,31,36,39)(H2,32,33,34,35). The van der Waals surface area contributed by atoms with Crippen molar-refractivity contribution in [3.8, 4) is 11.5 Å². The number of fused-ring (bicyclic) bond motifs is 1. The maximum absolute atomic E-state index is 15.2. The van der Waals surface area contributed by atoms with E-state index in [2.05, 4.69) is 37.1 Å². The number of hydrogen-bond acceptors (Lipinski definition) is 7. The predicted molar refractivity (Wildman–Crippen MR) is 148 cm³/mol. The molecule has 0 radical (unpaired) electrons. The van der Waals surface area contributed by atoms with Crippen LogP contribution in [0.25, 0.3) is 11.0 Å². The minimum atomic E-state index is -0.520. The van der Waals surface area contributed by atoms with E-state index in [0.717, 1.165) is 36.6 Å². The molecule has 4 aromatic rings. The Bertz CT molecular complexity index is 1590. The van der Waals surface area contributed by atoms with Crippen molar-refractivity contribution >= 4 is 40.2 Å². The van der Waals surface area contributed by atoms with E-state index in [1.165, 1.54) is 24.7 Å². The third-order valence-electron chi connectivity index (χ3n) is 7.28. The summed E-state index contributed by atoms with van der Waals surface area (Å²) in [4.78, 5) is 41.9. The first-order valence-electron chi connectivity index (χ1n) is 13.2. The lowest BCUT2D eigenvalue weighted by Gasteiger charge is -2.31. The SMILES string of the molecule is C=CC(=O)N1CCC(c2c[nH]c3ncnc(Nc4ccc(Oc5ccnc(NC(=O)C6CC6)c5)cc4F)c23)CC1. The number of carbonyl (C=O) groups is 2. The van der Waals surface area contributed by atoms with Crippen LogP contribution in [0.3, 0.4) is 0 Å². The van der Waals surface area contributed by atoms with Gasteiger partial charge in [-0.25, -0.2) is 19.3 Å². The molecule has 0 atom stereocenters. The summed E-state index contributed by atoms with van der Waals surface area (Å²) >= 11 is 0. The van der Waals surface area contributed by atoms with Gasteiger partial charge in [-0.05, 0) is 61.4 Å². The molecule has 11 heteroatoms. The van der Waals surface area contributed by atoms with Crippen molar-refractivity contribution in [2.24, 2.45) is 5.92 Å². The van der Waals surface area contributed by atoms with E-state index in [4.69, 9.17) is 4.74 Å². The zero-order chi connectivity index (χ0) is 27.6. The molecule has 2 amide bonds. The number of amides is 2. The second-order valence-electron chi connectivity index (χ2n) is 10.0. The fraction of sp³-hybridized carbons (Fsp3) is 0.276. The van der Waals surface area contributed by atoms with Gasteiger partial charge in [0.25, 0.3) is 0 Å². The third-order valence-corrected chi connectivity index (χ3v) is 7.28. The van der Waals surface area contributed by atoms with Crippen LogP contribution in [-0.2, 0) is 9.59 Å². The number of nitrogens with zero attached hydrogens (tertiary/aromatic N) is 4. The normalized spacial score (nSPS) is 15.6. The average molecular weight is 542 g/mol. The number of ether oxygens (including phenoxy) is 1. The van der Waals surface area contributed by atoms with E-state index in [-0.39, 0.29) is 29.3 Å². The number of aromatic amines is 1. The molecule has 2 fully saturated rings.